The third-order valence-electron chi connectivity index (χ3n) is 2.56. The maximum atomic E-state index is 5.54. The van der Waals surface area contributed by atoms with Crippen LogP contribution in [-0.2, 0) is 6.42 Å². The van der Waals surface area contributed by atoms with Crippen LogP contribution in [0.5, 0.6) is 5.75 Å². The number of fused-ring (bicyclic) bond motifs is 1. The molecule has 0 spiro atoms. The van der Waals surface area contributed by atoms with E-state index < -0.39 is 0 Å². The molecule has 0 bridgehead atoms. The van der Waals surface area contributed by atoms with Gasteiger partial charge in [0.25, 0.3) is 0 Å². The minimum Gasteiger partial charge on any atom is -0.496 e. The molecule has 0 atom stereocenters. The van der Waals surface area contributed by atoms with Gasteiger partial charge in [0.05, 0.1) is 7.11 Å². The number of ether oxygens (including phenoxy) is 1. The van der Waals surface area contributed by atoms with Gasteiger partial charge in [-0.2, -0.15) is 0 Å². The normalized spacial score (nSPS) is 10.5. The molecule has 0 radical (unpaired) electrons. The average molecular weight is 201 g/mol. The number of methoxy groups -OCH3 is 1. The Morgan fingerprint density at radius 3 is 2.80 bits per heavy atom. The minimum atomic E-state index is 0.690. The predicted octanol–water partition coefficient (Wildman–Crippen LogP) is 2.35. The molecule has 0 aliphatic heterocycles. The summed E-state index contributed by atoms with van der Waals surface area (Å²) in [4.78, 5) is 0. The van der Waals surface area contributed by atoms with E-state index in [9.17, 15) is 0 Å². The fourth-order valence-corrected chi connectivity index (χ4v) is 1.80. The quantitative estimate of drug-likeness (QED) is 0.827. The molecule has 0 saturated carbocycles. The Labute approximate surface area is 89.7 Å². The Balaban J connectivity index is 2.53. The summed E-state index contributed by atoms with van der Waals surface area (Å²) in [5.74, 6) is 0.923. The van der Waals surface area contributed by atoms with E-state index >= 15 is 0 Å². The van der Waals surface area contributed by atoms with Crippen LogP contribution in [0.15, 0.2) is 36.4 Å². The fraction of sp³-hybridized carbons (Fsp3) is 0.231. The minimum absolute atomic E-state index is 0.690. The van der Waals surface area contributed by atoms with E-state index in [1.807, 2.05) is 12.1 Å². The summed E-state index contributed by atoms with van der Waals surface area (Å²) in [5.41, 5.74) is 6.81. The number of rotatable bonds is 3. The highest BCUT2D eigenvalue weighted by Gasteiger charge is 2.01. The Hall–Kier alpha value is -1.54. The van der Waals surface area contributed by atoms with Crippen molar-refractivity contribution >= 4 is 10.8 Å². The van der Waals surface area contributed by atoms with Crippen LogP contribution in [0.25, 0.3) is 10.8 Å². The van der Waals surface area contributed by atoms with E-state index in [1.54, 1.807) is 7.11 Å². The van der Waals surface area contributed by atoms with Gasteiger partial charge < -0.3 is 10.5 Å². The molecule has 78 valence electrons. The summed E-state index contributed by atoms with van der Waals surface area (Å²) in [6.45, 7) is 0.690. The molecule has 2 rings (SSSR count). The number of benzene rings is 2. The molecule has 2 N–H and O–H groups in total. The van der Waals surface area contributed by atoms with Crippen molar-refractivity contribution in [1.82, 2.24) is 0 Å². The van der Waals surface area contributed by atoms with Crippen molar-refractivity contribution in [3.05, 3.63) is 42.0 Å². The molecule has 15 heavy (non-hydrogen) atoms. The van der Waals surface area contributed by atoms with Crippen molar-refractivity contribution in [3.63, 3.8) is 0 Å². The van der Waals surface area contributed by atoms with Gasteiger partial charge in [0.2, 0.25) is 0 Å². The lowest BCUT2D eigenvalue weighted by molar-refractivity contribution is 0.420. The zero-order valence-corrected chi connectivity index (χ0v) is 8.86. The zero-order valence-electron chi connectivity index (χ0n) is 8.86. The molecule has 0 aliphatic rings. The smallest absolute Gasteiger partial charge is 0.126 e. The van der Waals surface area contributed by atoms with Gasteiger partial charge in [-0.1, -0.05) is 30.3 Å². The Morgan fingerprint density at radius 2 is 2.07 bits per heavy atom. The number of hydrogen-bond acceptors (Lipinski definition) is 2. The molecule has 2 heteroatoms. The van der Waals surface area contributed by atoms with Crippen molar-refractivity contribution in [2.45, 2.75) is 6.42 Å². The number of nitrogens with two attached hydrogens (primary N) is 1. The molecule has 2 nitrogen and oxygen atoms in total. The van der Waals surface area contributed by atoms with Gasteiger partial charge in [-0.25, -0.2) is 0 Å². The Bertz CT molecular complexity index is 465. The van der Waals surface area contributed by atoms with E-state index in [2.05, 4.69) is 24.3 Å². The van der Waals surface area contributed by atoms with Crippen molar-refractivity contribution in [2.24, 2.45) is 5.73 Å². The van der Waals surface area contributed by atoms with Gasteiger partial charge in [0.1, 0.15) is 5.75 Å². The van der Waals surface area contributed by atoms with Crippen molar-refractivity contribution in [3.8, 4) is 5.75 Å². The van der Waals surface area contributed by atoms with Crippen LogP contribution in [0.3, 0.4) is 0 Å². The van der Waals surface area contributed by atoms with E-state index in [4.69, 9.17) is 10.5 Å². The lowest BCUT2D eigenvalue weighted by Crippen LogP contribution is -2.02. The highest BCUT2D eigenvalue weighted by Crippen LogP contribution is 2.25. The lowest BCUT2D eigenvalue weighted by atomic mass is 10.0. The molecule has 0 saturated heterocycles. The maximum Gasteiger partial charge on any atom is 0.126 e. The monoisotopic (exact) mass is 201 g/mol. The average Bonchev–Trinajstić information content (AvgIpc) is 2.28. The largest absolute Gasteiger partial charge is 0.496 e. The van der Waals surface area contributed by atoms with Gasteiger partial charge in [0.15, 0.2) is 0 Å². The van der Waals surface area contributed by atoms with Crippen molar-refractivity contribution < 1.29 is 4.74 Å². The fourth-order valence-electron chi connectivity index (χ4n) is 1.80. The summed E-state index contributed by atoms with van der Waals surface area (Å²) in [5, 5.41) is 2.36. The van der Waals surface area contributed by atoms with Crippen LogP contribution in [0, 0.1) is 0 Å². The van der Waals surface area contributed by atoms with Gasteiger partial charge in [-0.05, 0) is 30.0 Å². The Kier molecular flexibility index (Phi) is 2.88. The molecule has 0 heterocycles. The third-order valence-corrected chi connectivity index (χ3v) is 2.56. The van der Waals surface area contributed by atoms with Crippen LogP contribution in [0.1, 0.15) is 5.56 Å². The molecule has 0 unspecified atom stereocenters. The summed E-state index contributed by atoms with van der Waals surface area (Å²) in [6.07, 6.45) is 0.924. The second-order valence-electron chi connectivity index (χ2n) is 3.55. The van der Waals surface area contributed by atoms with Gasteiger partial charge >= 0.3 is 0 Å². The van der Waals surface area contributed by atoms with E-state index in [1.165, 1.54) is 10.9 Å². The second-order valence-corrected chi connectivity index (χ2v) is 3.55. The van der Waals surface area contributed by atoms with Gasteiger partial charge in [0, 0.05) is 5.39 Å². The SMILES string of the molecule is COc1cccc2cc(CCN)ccc12. The Morgan fingerprint density at radius 1 is 1.20 bits per heavy atom. The summed E-state index contributed by atoms with van der Waals surface area (Å²) < 4.78 is 5.30. The first kappa shape index (κ1) is 9.99. The van der Waals surface area contributed by atoms with Crippen molar-refractivity contribution in [2.75, 3.05) is 13.7 Å². The van der Waals surface area contributed by atoms with E-state index in [0.29, 0.717) is 6.54 Å². The third kappa shape index (κ3) is 1.95. The second kappa shape index (κ2) is 4.32. The van der Waals surface area contributed by atoms with E-state index in [0.717, 1.165) is 17.6 Å². The first-order chi connectivity index (χ1) is 7.35. The standard InChI is InChI=1S/C13H15NO/c1-15-13-4-2-3-11-9-10(7-8-14)5-6-12(11)13/h2-6,9H,7-8,14H2,1H3. The first-order valence-electron chi connectivity index (χ1n) is 5.11. The summed E-state index contributed by atoms with van der Waals surface area (Å²) in [7, 11) is 1.70. The summed E-state index contributed by atoms with van der Waals surface area (Å²) in [6, 6.07) is 12.5. The summed E-state index contributed by atoms with van der Waals surface area (Å²) >= 11 is 0. The molecular formula is C13H15NO. The highest BCUT2D eigenvalue weighted by atomic mass is 16.5. The molecule has 0 aromatic heterocycles. The van der Waals surface area contributed by atoms with Crippen LogP contribution in [0.2, 0.25) is 0 Å². The number of hydrogen-bond donors (Lipinski definition) is 1. The van der Waals surface area contributed by atoms with Crippen molar-refractivity contribution in [1.29, 1.82) is 0 Å². The molecule has 2 aromatic carbocycles. The molecule has 2 aromatic rings. The van der Waals surface area contributed by atoms with E-state index in [-0.39, 0.29) is 0 Å². The lowest BCUT2D eigenvalue weighted by Gasteiger charge is -2.06. The van der Waals surface area contributed by atoms with Crippen LogP contribution < -0.4 is 10.5 Å². The molecule has 0 fully saturated rings. The molecule has 0 amide bonds. The zero-order chi connectivity index (χ0) is 10.7. The van der Waals surface area contributed by atoms with Crippen LogP contribution in [0.4, 0.5) is 0 Å². The molecule has 0 aliphatic carbocycles. The van der Waals surface area contributed by atoms with Gasteiger partial charge in [-0.15, -0.1) is 0 Å². The topological polar surface area (TPSA) is 35.2 Å². The first-order valence-corrected chi connectivity index (χ1v) is 5.11. The van der Waals surface area contributed by atoms with Crippen LogP contribution >= 0.6 is 0 Å². The maximum absolute atomic E-state index is 5.54. The van der Waals surface area contributed by atoms with Crippen LogP contribution in [-0.4, -0.2) is 13.7 Å². The van der Waals surface area contributed by atoms with Gasteiger partial charge in [-0.3, -0.25) is 0 Å². The molecular weight excluding hydrogens is 186 g/mol. The highest BCUT2D eigenvalue weighted by molar-refractivity contribution is 5.88. The predicted molar refractivity (Wildman–Crippen MR) is 63.3 cm³/mol.